The SMILES string of the molecule is CC[C@H](C1OC(C)(C)OC1C1C[C@@H]1CNCc1ccccc1)n1cnc2c(N)ncnc21. The minimum atomic E-state index is -0.613. The number of nitrogen functional groups attached to an aromatic ring is 1. The normalized spacial score (nSPS) is 27.6. The van der Waals surface area contributed by atoms with Crippen LogP contribution in [0, 0.1) is 11.8 Å². The van der Waals surface area contributed by atoms with Crippen molar-refractivity contribution in [1.82, 2.24) is 24.8 Å². The third-order valence-electron chi connectivity index (χ3n) is 6.68. The van der Waals surface area contributed by atoms with E-state index in [2.05, 4.69) is 56.0 Å². The zero-order valence-electron chi connectivity index (χ0n) is 18.9. The van der Waals surface area contributed by atoms with Crippen LogP contribution in [0.25, 0.3) is 11.2 Å². The second-order valence-electron chi connectivity index (χ2n) is 9.40. The lowest BCUT2D eigenvalue weighted by molar-refractivity contribution is -0.151. The monoisotopic (exact) mass is 436 g/mol. The maximum absolute atomic E-state index is 6.47. The molecule has 5 rings (SSSR count). The van der Waals surface area contributed by atoms with Crippen LogP contribution >= 0.6 is 0 Å². The Morgan fingerprint density at radius 1 is 1.19 bits per heavy atom. The summed E-state index contributed by atoms with van der Waals surface area (Å²) in [6.07, 6.45) is 5.29. The van der Waals surface area contributed by atoms with E-state index in [1.54, 1.807) is 6.33 Å². The fraction of sp³-hybridized carbons (Fsp3) is 0.542. The molecule has 5 atom stereocenters. The maximum Gasteiger partial charge on any atom is 0.165 e. The molecule has 2 aromatic heterocycles. The molecule has 1 aliphatic heterocycles. The van der Waals surface area contributed by atoms with Crippen molar-refractivity contribution in [1.29, 1.82) is 0 Å². The summed E-state index contributed by atoms with van der Waals surface area (Å²) in [4.78, 5) is 13.0. The van der Waals surface area contributed by atoms with E-state index < -0.39 is 5.79 Å². The van der Waals surface area contributed by atoms with E-state index in [1.165, 1.54) is 11.9 Å². The van der Waals surface area contributed by atoms with Crippen molar-refractivity contribution in [3.63, 3.8) is 0 Å². The Kier molecular flexibility index (Phi) is 5.61. The van der Waals surface area contributed by atoms with Crippen molar-refractivity contribution in [3.8, 4) is 0 Å². The van der Waals surface area contributed by atoms with Gasteiger partial charge in [-0.3, -0.25) is 0 Å². The number of nitrogens with zero attached hydrogens (tertiary/aromatic N) is 4. The van der Waals surface area contributed by atoms with Crippen LogP contribution in [0.15, 0.2) is 43.0 Å². The lowest BCUT2D eigenvalue weighted by Gasteiger charge is -2.27. The summed E-state index contributed by atoms with van der Waals surface area (Å²) in [5.41, 5.74) is 8.70. The highest BCUT2D eigenvalue weighted by atomic mass is 16.8. The number of fused-ring (bicyclic) bond motifs is 1. The molecule has 8 nitrogen and oxygen atoms in total. The lowest BCUT2D eigenvalue weighted by Crippen LogP contribution is -2.35. The summed E-state index contributed by atoms with van der Waals surface area (Å²) in [5.74, 6) is 0.862. The van der Waals surface area contributed by atoms with Gasteiger partial charge in [-0.1, -0.05) is 37.3 Å². The van der Waals surface area contributed by atoms with Gasteiger partial charge in [-0.15, -0.1) is 0 Å². The number of ether oxygens (including phenoxy) is 2. The third kappa shape index (κ3) is 4.10. The molecule has 2 aliphatic rings. The van der Waals surface area contributed by atoms with E-state index in [9.17, 15) is 0 Å². The van der Waals surface area contributed by atoms with E-state index in [-0.39, 0.29) is 18.2 Å². The zero-order valence-corrected chi connectivity index (χ0v) is 18.9. The van der Waals surface area contributed by atoms with Crippen LogP contribution in [0.3, 0.4) is 0 Å². The fourth-order valence-corrected chi connectivity index (χ4v) is 5.05. The molecule has 0 radical (unpaired) electrons. The summed E-state index contributed by atoms with van der Waals surface area (Å²) in [6.45, 7) is 8.05. The molecule has 8 heteroatoms. The predicted molar refractivity (Wildman–Crippen MR) is 123 cm³/mol. The fourth-order valence-electron chi connectivity index (χ4n) is 5.05. The standard InChI is InChI=1S/C24H32N6O2/c1-4-18(30-14-29-19-22(25)27-13-28-23(19)30)21-20(31-24(2,3)32-21)17-10-16(17)12-26-11-15-8-6-5-7-9-15/h5-9,13-14,16-18,20-21,26H,4,10-12H2,1-3H3,(H2,25,27,28)/t16-,17?,18-,20?,21?/m1/s1. The topological polar surface area (TPSA) is 100 Å². The molecule has 1 aromatic carbocycles. The first-order chi connectivity index (χ1) is 15.5. The number of imidazole rings is 1. The van der Waals surface area contributed by atoms with Gasteiger partial charge in [0.15, 0.2) is 17.3 Å². The summed E-state index contributed by atoms with van der Waals surface area (Å²) in [5, 5.41) is 3.61. The third-order valence-corrected chi connectivity index (χ3v) is 6.68. The van der Waals surface area contributed by atoms with E-state index in [0.717, 1.165) is 31.6 Å². The minimum absolute atomic E-state index is 0.0371. The Morgan fingerprint density at radius 2 is 2.00 bits per heavy atom. The van der Waals surface area contributed by atoms with Gasteiger partial charge in [-0.2, -0.15) is 0 Å². The van der Waals surface area contributed by atoms with E-state index in [4.69, 9.17) is 15.2 Å². The van der Waals surface area contributed by atoms with Gasteiger partial charge >= 0.3 is 0 Å². The second kappa shape index (κ2) is 8.42. The molecule has 3 aromatic rings. The van der Waals surface area contributed by atoms with Gasteiger partial charge in [-0.25, -0.2) is 15.0 Å². The van der Waals surface area contributed by atoms with Crippen molar-refractivity contribution in [2.24, 2.45) is 11.8 Å². The van der Waals surface area contributed by atoms with E-state index >= 15 is 0 Å². The molecule has 32 heavy (non-hydrogen) atoms. The van der Waals surface area contributed by atoms with Crippen LogP contribution < -0.4 is 11.1 Å². The van der Waals surface area contributed by atoms with E-state index in [0.29, 0.717) is 23.2 Å². The highest BCUT2D eigenvalue weighted by molar-refractivity contribution is 5.81. The average molecular weight is 437 g/mol. The predicted octanol–water partition coefficient (Wildman–Crippen LogP) is 3.31. The van der Waals surface area contributed by atoms with Gasteiger partial charge in [0.25, 0.3) is 0 Å². The Bertz CT molecular complexity index is 1070. The van der Waals surface area contributed by atoms with Crippen LogP contribution in [-0.2, 0) is 16.0 Å². The molecule has 2 fully saturated rings. The number of aromatic nitrogens is 4. The first-order valence-corrected chi connectivity index (χ1v) is 11.5. The van der Waals surface area contributed by atoms with Crippen molar-refractivity contribution >= 4 is 17.0 Å². The van der Waals surface area contributed by atoms with Crippen LogP contribution in [-0.4, -0.2) is 44.1 Å². The van der Waals surface area contributed by atoms with Crippen LogP contribution in [0.5, 0.6) is 0 Å². The van der Waals surface area contributed by atoms with Gasteiger partial charge < -0.3 is 25.1 Å². The maximum atomic E-state index is 6.47. The number of hydrogen-bond acceptors (Lipinski definition) is 7. The average Bonchev–Trinajstić information content (AvgIpc) is 3.29. The van der Waals surface area contributed by atoms with Crippen molar-refractivity contribution < 1.29 is 9.47 Å². The molecule has 0 amide bonds. The number of hydrogen-bond donors (Lipinski definition) is 2. The van der Waals surface area contributed by atoms with Crippen LogP contribution in [0.2, 0.25) is 0 Å². The molecular formula is C24H32N6O2. The first kappa shape index (κ1) is 21.3. The van der Waals surface area contributed by atoms with Crippen LogP contribution in [0.4, 0.5) is 5.82 Å². The van der Waals surface area contributed by atoms with Crippen molar-refractivity contribution in [3.05, 3.63) is 48.5 Å². The highest BCUT2D eigenvalue weighted by Gasteiger charge is 2.55. The summed E-state index contributed by atoms with van der Waals surface area (Å²) in [6, 6.07) is 10.6. The second-order valence-corrected chi connectivity index (χ2v) is 9.40. The number of anilines is 1. The minimum Gasteiger partial charge on any atom is -0.382 e. The first-order valence-electron chi connectivity index (χ1n) is 11.5. The van der Waals surface area contributed by atoms with E-state index in [1.807, 2.05) is 19.9 Å². The Morgan fingerprint density at radius 3 is 2.78 bits per heavy atom. The number of nitrogens with two attached hydrogens (primary N) is 1. The molecule has 1 saturated carbocycles. The van der Waals surface area contributed by atoms with Gasteiger partial charge in [0.2, 0.25) is 0 Å². The molecule has 3 unspecified atom stereocenters. The highest BCUT2D eigenvalue weighted by Crippen LogP contribution is 2.50. The lowest BCUT2D eigenvalue weighted by atomic mass is 9.98. The number of nitrogens with one attached hydrogen (secondary N) is 1. The summed E-state index contributed by atoms with van der Waals surface area (Å²) >= 11 is 0. The molecule has 170 valence electrons. The molecule has 1 aliphatic carbocycles. The van der Waals surface area contributed by atoms with Crippen molar-refractivity contribution in [2.45, 2.75) is 64.2 Å². The Labute approximate surface area is 188 Å². The Hall–Kier alpha value is -2.55. The number of benzene rings is 1. The molecule has 0 bridgehead atoms. The molecule has 1 saturated heterocycles. The molecule has 3 N–H and O–H groups in total. The van der Waals surface area contributed by atoms with Crippen molar-refractivity contribution in [2.75, 3.05) is 12.3 Å². The van der Waals surface area contributed by atoms with Crippen LogP contribution in [0.1, 0.15) is 45.2 Å². The summed E-state index contributed by atoms with van der Waals surface area (Å²) < 4.78 is 15.0. The zero-order chi connectivity index (χ0) is 22.3. The molecule has 3 heterocycles. The number of rotatable bonds is 8. The van der Waals surface area contributed by atoms with Gasteiger partial charge in [0.05, 0.1) is 18.5 Å². The largest absolute Gasteiger partial charge is 0.382 e. The smallest absolute Gasteiger partial charge is 0.165 e. The Balaban J connectivity index is 1.30. The van der Waals surface area contributed by atoms with Gasteiger partial charge in [0.1, 0.15) is 17.9 Å². The quantitative estimate of drug-likeness (QED) is 0.559. The van der Waals surface area contributed by atoms with Gasteiger partial charge in [0, 0.05) is 6.54 Å². The van der Waals surface area contributed by atoms with Gasteiger partial charge in [-0.05, 0) is 50.6 Å². The molecule has 0 spiro atoms. The summed E-state index contributed by atoms with van der Waals surface area (Å²) in [7, 11) is 0. The molecular weight excluding hydrogens is 404 g/mol.